The normalized spacial score (nSPS) is 19.1. The summed E-state index contributed by atoms with van der Waals surface area (Å²) in [4.78, 5) is 0. The zero-order valence-electron chi connectivity index (χ0n) is 16.2. The Labute approximate surface area is 172 Å². The van der Waals surface area contributed by atoms with Gasteiger partial charge in [-0.1, -0.05) is 84.9 Å². The number of hydrogen-bond donors (Lipinski definition) is 2. The first kappa shape index (κ1) is 18.7. The van der Waals surface area contributed by atoms with Crippen molar-refractivity contribution in [3.63, 3.8) is 0 Å². The molecule has 0 unspecified atom stereocenters. The Morgan fingerprint density at radius 2 is 1.39 bits per heavy atom. The molecule has 0 amide bonds. The Morgan fingerprint density at radius 3 is 1.96 bits per heavy atom. The van der Waals surface area contributed by atoms with Crippen molar-refractivity contribution in [1.29, 1.82) is 0 Å². The molecule has 1 aliphatic rings. The quantitative estimate of drug-likeness (QED) is 0.612. The van der Waals surface area contributed by atoms with Crippen LogP contribution in [0.25, 0.3) is 11.1 Å². The van der Waals surface area contributed by atoms with Gasteiger partial charge in [0.2, 0.25) is 0 Å². The van der Waals surface area contributed by atoms with E-state index in [1.807, 2.05) is 17.1 Å². The molecule has 142 valence electrons. The van der Waals surface area contributed by atoms with Crippen LogP contribution in [-0.4, -0.2) is 16.2 Å². The highest BCUT2D eigenvalue weighted by atomic mass is 32.1. The molecule has 28 heavy (non-hydrogen) atoms. The van der Waals surface area contributed by atoms with Crippen LogP contribution < -0.4 is 10.7 Å². The summed E-state index contributed by atoms with van der Waals surface area (Å²) in [5.74, 6) is 0. The highest BCUT2D eigenvalue weighted by Crippen LogP contribution is 2.30. The maximum Gasteiger partial charge on any atom is 0.185 e. The molecular weight excluding hydrogens is 362 g/mol. The third-order valence-corrected chi connectivity index (χ3v) is 5.46. The Bertz CT molecular complexity index is 939. The second-order valence-corrected chi connectivity index (χ2v) is 7.90. The Hall–Kier alpha value is -2.69. The van der Waals surface area contributed by atoms with Crippen molar-refractivity contribution >= 4 is 17.3 Å². The first-order valence-electron chi connectivity index (χ1n) is 9.66. The van der Waals surface area contributed by atoms with Gasteiger partial charge >= 0.3 is 0 Å². The fourth-order valence-electron chi connectivity index (χ4n) is 3.69. The molecule has 3 aromatic rings. The van der Waals surface area contributed by atoms with Crippen LogP contribution in [0, 0.1) is 0 Å². The third-order valence-electron chi connectivity index (χ3n) is 5.16. The Balaban J connectivity index is 1.71. The summed E-state index contributed by atoms with van der Waals surface area (Å²) >= 11 is 5.64. The molecule has 2 N–H and O–H groups in total. The van der Waals surface area contributed by atoms with E-state index >= 15 is 0 Å². The lowest BCUT2D eigenvalue weighted by Gasteiger charge is -2.32. The number of nitrogens with zero attached hydrogens (tertiary/aromatic N) is 1. The minimum Gasteiger partial charge on any atom is -0.338 e. The van der Waals surface area contributed by atoms with E-state index in [9.17, 15) is 0 Å². The average Bonchev–Trinajstić information content (AvgIpc) is 3.07. The van der Waals surface area contributed by atoms with Gasteiger partial charge in [-0.25, -0.2) is 5.43 Å². The second kappa shape index (κ2) is 7.74. The molecule has 3 nitrogen and oxygen atoms in total. The van der Waals surface area contributed by atoms with Gasteiger partial charge in [-0.2, -0.15) is 0 Å². The maximum absolute atomic E-state index is 5.64. The van der Waals surface area contributed by atoms with Gasteiger partial charge in [-0.15, -0.1) is 0 Å². The number of benzene rings is 3. The molecule has 1 atom stereocenters. The molecule has 0 spiro atoms. The molecule has 0 saturated carbocycles. The highest BCUT2D eigenvalue weighted by Gasteiger charge is 2.42. The molecule has 0 aromatic heterocycles. The van der Waals surface area contributed by atoms with Crippen LogP contribution in [0.5, 0.6) is 0 Å². The lowest BCUT2D eigenvalue weighted by molar-refractivity contribution is 0.187. The molecule has 1 aliphatic heterocycles. The number of thiocarbonyl (C=S) groups is 1. The van der Waals surface area contributed by atoms with Crippen LogP contribution in [0.4, 0.5) is 0 Å². The van der Waals surface area contributed by atoms with Crippen molar-refractivity contribution in [3.05, 3.63) is 96.1 Å². The van der Waals surface area contributed by atoms with Crippen molar-refractivity contribution in [3.8, 4) is 11.1 Å². The topological polar surface area (TPSA) is 27.3 Å². The summed E-state index contributed by atoms with van der Waals surface area (Å²) in [7, 11) is 0. The predicted octanol–water partition coefficient (Wildman–Crippen LogP) is 4.85. The van der Waals surface area contributed by atoms with E-state index in [0.717, 1.165) is 11.5 Å². The molecular formula is C24H25N3S. The molecule has 1 heterocycles. The minimum absolute atomic E-state index is 0.265. The molecule has 1 fully saturated rings. The smallest absolute Gasteiger partial charge is 0.185 e. The van der Waals surface area contributed by atoms with Gasteiger partial charge in [0.15, 0.2) is 5.11 Å². The van der Waals surface area contributed by atoms with Gasteiger partial charge in [-0.05, 0) is 48.3 Å². The van der Waals surface area contributed by atoms with E-state index in [2.05, 4.69) is 97.4 Å². The van der Waals surface area contributed by atoms with Crippen molar-refractivity contribution in [2.45, 2.75) is 32.0 Å². The lowest BCUT2D eigenvalue weighted by Crippen LogP contribution is -2.51. The van der Waals surface area contributed by atoms with Crippen LogP contribution in [0.3, 0.4) is 0 Å². The van der Waals surface area contributed by atoms with E-state index in [0.29, 0.717) is 0 Å². The maximum atomic E-state index is 5.64. The monoisotopic (exact) mass is 387 g/mol. The summed E-state index contributed by atoms with van der Waals surface area (Å²) in [6.07, 6.45) is 0.794. The molecule has 0 bridgehead atoms. The van der Waals surface area contributed by atoms with Crippen LogP contribution in [0.1, 0.15) is 25.0 Å². The summed E-state index contributed by atoms with van der Waals surface area (Å²) in [6, 6.07) is 30.0. The van der Waals surface area contributed by atoms with Crippen molar-refractivity contribution in [2.24, 2.45) is 0 Å². The average molecular weight is 388 g/mol. The fourth-order valence-corrected chi connectivity index (χ4v) is 4.12. The highest BCUT2D eigenvalue weighted by molar-refractivity contribution is 7.80. The lowest BCUT2D eigenvalue weighted by atomic mass is 9.91. The van der Waals surface area contributed by atoms with Crippen LogP contribution in [0.2, 0.25) is 0 Å². The summed E-state index contributed by atoms with van der Waals surface area (Å²) < 4.78 is 0. The standard InChI is InChI=1S/C24H25N3S/c1-18(2)27-23(28)25-24(26-27,17-19-9-5-3-6-10-19)22-15-13-21(14-16-22)20-11-7-4-8-12-20/h3-16,18,26H,17H2,1-2H3,(H,25,28)/t24-/m1/s1. The predicted molar refractivity (Wildman–Crippen MR) is 120 cm³/mol. The first-order valence-corrected chi connectivity index (χ1v) is 10.1. The van der Waals surface area contributed by atoms with Crippen molar-refractivity contribution < 1.29 is 0 Å². The summed E-state index contributed by atoms with van der Waals surface area (Å²) in [5.41, 5.74) is 8.05. The largest absolute Gasteiger partial charge is 0.338 e. The van der Waals surface area contributed by atoms with Crippen LogP contribution >= 0.6 is 12.2 Å². The van der Waals surface area contributed by atoms with Crippen molar-refractivity contribution in [1.82, 2.24) is 15.8 Å². The van der Waals surface area contributed by atoms with Gasteiger partial charge in [0.25, 0.3) is 0 Å². The number of nitrogens with one attached hydrogen (secondary N) is 2. The number of rotatable bonds is 5. The molecule has 1 saturated heterocycles. The Morgan fingerprint density at radius 1 is 0.821 bits per heavy atom. The first-order chi connectivity index (χ1) is 13.6. The third kappa shape index (κ3) is 3.66. The van der Waals surface area contributed by atoms with Gasteiger partial charge in [0.05, 0.1) is 0 Å². The summed E-state index contributed by atoms with van der Waals surface area (Å²) in [6.45, 7) is 4.27. The van der Waals surface area contributed by atoms with Crippen molar-refractivity contribution in [2.75, 3.05) is 0 Å². The Kier molecular flexibility index (Phi) is 5.16. The van der Waals surface area contributed by atoms with Crippen LogP contribution in [0.15, 0.2) is 84.9 Å². The van der Waals surface area contributed by atoms with E-state index in [1.54, 1.807) is 0 Å². The van der Waals surface area contributed by atoms with Gasteiger partial charge in [0, 0.05) is 12.5 Å². The van der Waals surface area contributed by atoms with Gasteiger partial charge in [-0.3, -0.25) is 5.01 Å². The van der Waals surface area contributed by atoms with Crippen LogP contribution in [-0.2, 0) is 12.1 Å². The fraction of sp³-hybridized carbons (Fsp3) is 0.208. The van der Waals surface area contributed by atoms with Gasteiger partial charge < -0.3 is 5.32 Å². The zero-order chi connectivity index (χ0) is 19.6. The molecule has 0 radical (unpaired) electrons. The van der Waals surface area contributed by atoms with E-state index in [4.69, 9.17) is 12.2 Å². The van der Waals surface area contributed by atoms with E-state index in [1.165, 1.54) is 22.3 Å². The zero-order valence-corrected chi connectivity index (χ0v) is 17.0. The molecule has 3 aromatic carbocycles. The number of hydrogen-bond acceptors (Lipinski definition) is 2. The van der Waals surface area contributed by atoms with Gasteiger partial charge in [0.1, 0.15) is 5.66 Å². The molecule has 0 aliphatic carbocycles. The molecule has 4 heteroatoms. The van der Waals surface area contributed by atoms with E-state index in [-0.39, 0.29) is 6.04 Å². The SMILES string of the molecule is CC(C)N1N[C@](Cc2ccccc2)(c2ccc(-c3ccccc3)cc2)NC1=S. The molecule has 4 rings (SSSR count). The summed E-state index contributed by atoms with van der Waals surface area (Å²) in [5, 5.41) is 6.35. The minimum atomic E-state index is -0.460. The number of hydrazine groups is 1. The second-order valence-electron chi connectivity index (χ2n) is 7.52. The van der Waals surface area contributed by atoms with E-state index < -0.39 is 5.66 Å².